The molecule has 0 bridgehead atoms. The van der Waals surface area contributed by atoms with Crippen LogP contribution in [-0.4, -0.2) is 5.11 Å². The average molecular weight is 337 g/mol. The maximum atomic E-state index is 13.4. The zero-order valence-corrected chi connectivity index (χ0v) is 12.5. The van der Waals surface area contributed by atoms with Gasteiger partial charge < -0.3 is 9.84 Å². The summed E-state index contributed by atoms with van der Waals surface area (Å²) in [6, 6.07) is 10.2. The Balaban J connectivity index is 1.99. The molecular weight excluding hydrogens is 323 g/mol. The minimum Gasteiger partial charge on any atom is -0.485 e. The first kappa shape index (κ1) is 13.6. The number of hydrogen-bond donors (Lipinski definition) is 1. The van der Waals surface area contributed by atoms with E-state index in [2.05, 4.69) is 15.9 Å². The third-order valence-electron chi connectivity index (χ3n) is 3.63. The van der Waals surface area contributed by atoms with Gasteiger partial charge in [-0.15, -0.1) is 0 Å². The first-order chi connectivity index (χ1) is 9.54. The molecule has 104 valence electrons. The molecule has 0 aromatic heterocycles. The highest BCUT2D eigenvalue weighted by atomic mass is 79.9. The Kier molecular flexibility index (Phi) is 3.52. The molecule has 0 saturated carbocycles. The Labute approximate surface area is 125 Å². The molecule has 1 aliphatic heterocycles. The van der Waals surface area contributed by atoms with Crippen LogP contribution in [0.2, 0.25) is 0 Å². The molecule has 1 heterocycles. The van der Waals surface area contributed by atoms with E-state index in [1.807, 2.05) is 25.1 Å². The van der Waals surface area contributed by atoms with Crippen LogP contribution < -0.4 is 4.74 Å². The number of halogens is 2. The van der Waals surface area contributed by atoms with Crippen molar-refractivity contribution in [2.45, 2.75) is 25.6 Å². The SMILES string of the molecule is Cc1ccc(F)cc1C1C[C@@H](O)c2cc(Br)ccc2O1. The summed E-state index contributed by atoms with van der Waals surface area (Å²) in [6.07, 6.45) is -0.508. The number of hydrogen-bond acceptors (Lipinski definition) is 2. The molecular formula is C16H14BrFO2. The summed E-state index contributed by atoms with van der Waals surface area (Å²) in [5, 5.41) is 10.3. The molecule has 0 amide bonds. The van der Waals surface area contributed by atoms with Crippen LogP contribution in [0, 0.1) is 12.7 Å². The molecule has 1 N–H and O–H groups in total. The van der Waals surface area contributed by atoms with Gasteiger partial charge in [0.05, 0.1) is 6.10 Å². The molecule has 2 aromatic carbocycles. The topological polar surface area (TPSA) is 29.5 Å². The van der Waals surface area contributed by atoms with Gasteiger partial charge in [0.1, 0.15) is 17.7 Å². The zero-order chi connectivity index (χ0) is 14.3. The number of aliphatic hydroxyl groups excluding tert-OH is 1. The van der Waals surface area contributed by atoms with E-state index in [4.69, 9.17) is 4.74 Å². The first-order valence-corrected chi connectivity index (χ1v) is 7.24. The van der Waals surface area contributed by atoms with Gasteiger partial charge in [-0.2, -0.15) is 0 Å². The average Bonchev–Trinajstić information content (AvgIpc) is 2.42. The maximum absolute atomic E-state index is 13.4. The van der Waals surface area contributed by atoms with Crippen LogP contribution >= 0.6 is 15.9 Å². The van der Waals surface area contributed by atoms with Crippen LogP contribution in [0.25, 0.3) is 0 Å². The van der Waals surface area contributed by atoms with Gasteiger partial charge in [-0.1, -0.05) is 22.0 Å². The van der Waals surface area contributed by atoms with Crippen LogP contribution in [0.1, 0.15) is 35.3 Å². The normalized spacial score (nSPS) is 21.2. The van der Waals surface area contributed by atoms with E-state index in [1.54, 1.807) is 6.07 Å². The predicted molar refractivity (Wildman–Crippen MR) is 78.2 cm³/mol. The van der Waals surface area contributed by atoms with E-state index in [0.29, 0.717) is 12.2 Å². The first-order valence-electron chi connectivity index (χ1n) is 6.45. The lowest BCUT2D eigenvalue weighted by atomic mass is 9.93. The van der Waals surface area contributed by atoms with E-state index >= 15 is 0 Å². The van der Waals surface area contributed by atoms with E-state index in [1.165, 1.54) is 12.1 Å². The van der Waals surface area contributed by atoms with Crippen molar-refractivity contribution in [3.63, 3.8) is 0 Å². The van der Waals surface area contributed by atoms with Crippen molar-refractivity contribution in [1.82, 2.24) is 0 Å². The molecule has 2 aromatic rings. The van der Waals surface area contributed by atoms with Crippen molar-refractivity contribution in [2.24, 2.45) is 0 Å². The monoisotopic (exact) mass is 336 g/mol. The van der Waals surface area contributed by atoms with E-state index in [0.717, 1.165) is 21.2 Å². The fourth-order valence-electron chi connectivity index (χ4n) is 2.57. The summed E-state index contributed by atoms with van der Waals surface area (Å²) in [5.74, 6) is 0.367. The van der Waals surface area contributed by atoms with Crippen molar-refractivity contribution in [3.8, 4) is 5.75 Å². The zero-order valence-electron chi connectivity index (χ0n) is 10.9. The molecule has 3 rings (SSSR count). The van der Waals surface area contributed by atoms with Gasteiger partial charge in [-0.05, 0) is 48.4 Å². The van der Waals surface area contributed by atoms with Crippen molar-refractivity contribution in [2.75, 3.05) is 0 Å². The number of rotatable bonds is 1. The minimum atomic E-state index is -0.607. The molecule has 0 saturated heterocycles. The van der Waals surface area contributed by atoms with Crippen molar-refractivity contribution in [3.05, 3.63) is 63.4 Å². The predicted octanol–water partition coefficient (Wildman–Crippen LogP) is 4.45. The highest BCUT2D eigenvalue weighted by Gasteiger charge is 2.29. The summed E-state index contributed by atoms with van der Waals surface area (Å²) in [4.78, 5) is 0. The van der Waals surface area contributed by atoms with Gasteiger partial charge in [-0.3, -0.25) is 0 Å². The lowest BCUT2D eigenvalue weighted by molar-refractivity contribution is 0.0652. The Bertz CT molecular complexity index is 657. The van der Waals surface area contributed by atoms with Gasteiger partial charge >= 0.3 is 0 Å². The summed E-state index contributed by atoms with van der Waals surface area (Å²) in [5.41, 5.74) is 2.52. The molecule has 1 aliphatic rings. The lowest BCUT2D eigenvalue weighted by Gasteiger charge is -2.30. The highest BCUT2D eigenvalue weighted by Crippen LogP contribution is 2.42. The second kappa shape index (κ2) is 5.19. The molecule has 2 atom stereocenters. The maximum Gasteiger partial charge on any atom is 0.127 e. The Morgan fingerprint density at radius 1 is 1.20 bits per heavy atom. The number of benzene rings is 2. The van der Waals surface area contributed by atoms with Crippen LogP contribution in [0.15, 0.2) is 40.9 Å². The second-order valence-electron chi connectivity index (χ2n) is 5.04. The summed E-state index contributed by atoms with van der Waals surface area (Å²) in [6.45, 7) is 1.92. The highest BCUT2D eigenvalue weighted by molar-refractivity contribution is 9.10. The largest absolute Gasteiger partial charge is 0.485 e. The van der Waals surface area contributed by atoms with Crippen molar-refractivity contribution in [1.29, 1.82) is 0 Å². The smallest absolute Gasteiger partial charge is 0.127 e. The van der Waals surface area contributed by atoms with Gasteiger partial charge in [0.2, 0.25) is 0 Å². The minimum absolute atomic E-state index is 0.287. The van der Waals surface area contributed by atoms with Gasteiger partial charge in [0.25, 0.3) is 0 Å². The van der Waals surface area contributed by atoms with Crippen LogP contribution in [0.4, 0.5) is 4.39 Å². The number of ether oxygens (including phenoxy) is 1. The summed E-state index contributed by atoms with van der Waals surface area (Å²) in [7, 11) is 0. The Morgan fingerprint density at radius 3 is 2.80 bits per heavy atom. The standard InChI is InChI=1S/C16H14BrFO2/c1-9-2-4-11(18)7-12(9)16-8-14(19)13-6-10(17)3-5-15(13)20-16/h2-7,14,16,19H,8H2,1H3/t14-,16?/m1/s1. The number of aliphatic hydroxyl groups is 1. The quantitative estimate of drug-likeness (QED) is 0.833. The van der Waals surface area contributed by atoms with Gasteiger partial charge in [0, 0.05) is 16.5 Å². The molecule has 0 spiro atoms. The summed E-state index contributed by atoms with van der Waals surface area (Å²) < 4.78 is 20.3. The number of fused-ring (bicyclic) bond motifs is 1. The molecule has 4 heteroatoms. The van der Waals surface area contributed by atoms with Crippen LogP contribution in [-0.2, 0) is 0 Å². The number of aryl methyl sites for hydroxylation is 1. The van der Waals surface area contributed by atoms with E-state index < -0.39 is 6.10 Å². The summed E-state index contributed by atoms with van der Waals surface area (Å²) >= 11 is 3.38. The van der Waals surface area contributed by atoms with Gasteiger partial charge in [0.15, 0.2) is 0 Å². The molecule has 0 fully saturated rings. The molecule has 0 radical (unpaired) electrons. The van der Waals surface area contributed by atoms with Crippen LogP contribution in [0.5, 0.6) is 5.75 Å². The van der Waals surface area contributed by atoms with E-state index in [9.17, 15) is 9.50 Å². The third-order valence-corrected chi connectivity index (χ3v) is 4.12. The van der Waals surface area contributed by atoms with E-state index in [-0.39, 0.29) is 11.9 Å². The molecule has 1 unspecified atom stereocenters. The second-order valence-corrected chi connectivity index (χ2v) is 5.96. The molecule has 20 heavy (non-hydrogen) atoms. The fraction of sp³-hybridized carbons (Fsp3) is 0.250. The van der Waals surface area contributed by atoms with Gasteiger partial charge in [-0.25, -0.2) is 4.39 Å². The molecule has 0 aliphatic carbocycles. The lowest BCUT2D eigenvalue weighted by Crippen LogP contribution is -2.20. The van der Waals surface area contributed by atoms with Crippen LogP contribution in [0.3, 0.4) is 0 Å². The van der Waals surface area contributed by atoms with Crippen molar-refractivity contribution >= 4 is 15.9 Å². The fourth-order valence-corrected chi connectivity index (χ4v) is 2.95. The third kappa shape index (κ3) is 2.45. The Morgan fingerprint density at radius 2 is 2.00 bits per heavy atom. The Hall–Kier alpha value is -1.39. The molecule has 2 nitrogen and oxygen atoms in total. The van der Waals surface area contributed by atoms with Crippen molar-refractivity contribution < 1.29 is 14.2 Å².